The number of nitrogens with zero attached hydrogens (tertiary/aromatic N) is 4. The third-order valence-corrected chi connectivity index (χ3v) is 11.3. The van der Waals surface area contributed by atoms with Gasteiger partial charge in [-0.3, -0.25) is 14.9 Å². The average Bonchev–Trinajstić information content (AvgIpc) is 3.49. The molecule has 0 spiro atoms. The summed E-state index contributed by atoms with van der Waals surface area (Å²) in [6, 6.07) is 0.323. The first kappa shape index (κ1) is 23.9. The van der Waals surface area contributed by atoms with Crippen LogP contribution in [0.2, 0.25) is 0 Å². The molecule has 4 aliphatic rings. The number of fused-ring (bicyclic) bond motifs is 5. The first-order chi connectivity index (χ1) is 17.2. The lowest BCUT2D eigenvalue weighted by Gasteiger charge is -2.63. The summed E-state index contributed by atoms with van der Waals surface area (Å²) in [6.45, 7) is 4.93. The van der Waals surface area contributed by atoms with Gasteiger partial charge in [-0.05, 0) is 67.8 Å². The van der Waals surface area contributed by atoms with Crippen LogP contribution in [-0.2, 0) is 11.8 Å². The predicted octanol–water partition coefficient (Wildman–Crippen LogP) is 5.24. The molecule has 2 aromatic rings. The fraction of sp³-hybridized carbons (Fsp3) is 0.643. The van der Waals surface area contributed by atoms with Gasteiger partial charge in [0.25, 0.3) is 5.91 Å². The Kier molecular flexibility index (Phi) is 5.67. The van der Waals surface area contributed by atoms with Crippen molar-refractivity contribution in [2.75, 3.05) is 12.4 Å². The van der Waals surface area contributed by atoms with Gasteiger partial charge in [-0.25, -0.2) is 9.97 Å². The molecule has 192 valence electrons. The van der Waals surface area contributed by atoms with Crippen molar-refractivity contribution < 1.29 is 9.59 Å². The largest absolute Gasteiger partial charge is 0.338 e. The second kappa shape index (κ2) is 8.54. The lowest BCUT2D eigenvalue weighted by Crippen LogP contribution is -2.60. The SMILES string of the molecule is CN1C(=O)C=C[C@]2(C)C3CC[C@]4(C)[C@@H](c5csc(NC(=O)c6cncn6C)n5)CCC[C@H]4C3CCC12. The van der Waals surface area contributed by atoms with Gasteiger partial charge in [0, 0.05) is 36.9 Å². The minimum Gasteiger partial charge on any atom is -0.338 e. The maximum Gasteiger partial charge on any atom is 0.275 e. The predicted molar refractivity (Wildman–Crippen MR) is 141 cm³/mol. The van der Waals surface area contributed by atoms with Crippen molar-refractivity contribution in [3.8, 4) is 0 Å². The molecule has 0 saturated heterocycles. The Morgan fingerprint density at radius 1 is 1.14 bits per heavy atom. The summed E-state index contributed by atoms with van der Waals surface area (Å²) in [5.41, 5.74) is 1.97. The zero-order valence-electron chi connectivity index (χ0n) is 21.7. The standard InChI is InChI=1S/C28H37N5O2S/c1-27-12-10-19-17(8-9-23-28(19,2)13-11-24(34)33(23)4)18(27)6-5-7-20(27)21-15-36-26(30-21)31-25(35)22-14-29-16-32(22)3/h11,13-20,23H,5-10,12H2,1-4H3,(H,30,31,35)/t17?,18-,19?,20+,23?,27-,28+/m0/s1. The van der Waals surface area contributed by atoms with Crippen molar-refractivity contribution in [2.24, 2.45) is 35.6 Å². The van der Waals surface area contributed by atoms with Crippen LogP contribution in [0.4, 0.5) is 5.13 Å². The number of anilines is 1. The number of amides is 2. The van der Waals surface area contributed by atoms with Gasteiger partial charge in [-0.15, -0.1) is 11.3 Å². The van der Waals surface area contributed by atoms with Crippen molar-refractivity contribution in [1.82, 2.24) is 19.4 Å². The first-order valence-electron chi connectivity index (χ1n) is 13.4. The Hall–Kier alpha value is -2.48. The molecule has 0 radical (unpaired) electrons. The smallest absolute Gasteiger partial charge is 0.275 e. The summed E-state index contributed by atoms with van der Waals surface area (Å²) < 4.78 is 1.72. The number of thiazole rings is 1. The second-order valence-electron chi connectivity index (χ2n) is 12.1. The molecule has 7 atom stereocenters. The normalized spacial score (nSPS) is 37.7. The molecule has 2 amide bonds. The van der Waals surface area contributed by atoms with Crippen molar-refractivity contribution in [2.45, 2.75) is 70.8 Å². The van der Waals surface area contributed by atoms with Crippen LogP contribution in [0.1, 0.15) is 80.9 Å². The minimum absolute atomic E-state index is 0.0731. The number of carbonyl (C=O) groups is 2. The average molecular weight is 508 g/mol. The van der Waals surface area contributed by atoms with Crippen molar-refractivity contribution in [3.63, 3.8) is 0 Å². The van der Waals surface area contributed by atoms with E-state index in [1.807, 2.05) is 25.1 Å². The molecule has 3 saturated carbocycles. The quantitative estimate of drug-likeness (QED) is 0.616. The number of rotatable bonds is 3. The first-order valence-corrected chi connectivity index (χ1v) is 14.3. The van der Waals surface area contributed by atoms with Gasteiger partial charge >= 0.3 is 0 Å². The van der Waals surface area contributed by atoms with Gasteiger partial charge < -0.3 is 9.47 Å². The van der Waals surface area contributed by atoms with Crippen LogP contribution in [0.5, 0.6) is 0 Å². The Balaban J connectivity index is 1.24. The zero-order chi connectivity index (χ0) is 25.2. The second-order valence-corrected chi connectivity index (χ2v) is 12.9. The van der Waals surface area contributed by atoms with Gasteiger partial charge in [0.1, 0.15) is 5.69 Å². The lowest BCUT2D eigenvalue weighted by atomic mass is 9.43. The third-order valence-electron chi connectivity index (χ3n) is 10.5. The van der Waals surface area contributed by atoms with Gasteiger partial charge in [0.2, 0.25) is 5.91 Å². The highest BCUT2D eigenvalue weighted by Gasteiger charge is 2.59. The Morgan fingerprint density at radius 3 is 2.75 bits per heavy atom. The van der Waals surface area contributed by atoms with E-state index >= 15 is 0 Å². The van der Waals surface area contributed by atoms with Crippen LogP contribution in [0, 0.1) is 28.6 Å². The molecule has 2 aromatic heterocycles. The Bertz CT molecular complexity index is 1220. The zero-order valence-corrected chi connectivity index (χ0v) is 22.6. The topological polar surface area (TPSA) is 80.1 Å². The highest BCUT2D eigenvalue weighted by Crippen LogP contribution is 2.65. The number of hydrogen-bond donors (Lipinski definition) is 1. The van der Waals surface area contributed by atoms with E-state index in [1.165, 1.54) is 49.9 Å². The van der Waals surface area contributed by atoms with Gasteiger partial charge in [0.15, 0.2) is 5.13 Å². The fourth-order valence-electron chi connectivity index (χ4n) is 8.66. The van der Waals surface area contributed by atoms with E-state index in [9.17, 15) is 9.59 Å². The molecule has 0 bridgehead atoms. The summed E-state index contributed by atoms with van der Waals surface area (Å²) in [6.07, 6.45) is 15.7. The molecule has 8 heteroatoms. The number of aromatic nitrogens is 3. The Morgan fingerprint density at radius 2 is 1.97 bits per heavy atom. The molecule has 3 fully saturated rings. The van der Waals surface area contributed by atoms with E-state index in [-0.39, 0.29) is 22.6 Å². The summed E-state index contributed by atoms with van der Waals surface area (Å²) in [7, 11) is 3.81. The summed E-state index contributed by atoms with van der Waals surface area (Å²) in [5, 5.41) is 5.83. The maximum absolute atomic E-state index is 12.7. The van der Waals surface area contributed by atoms with Crippen molar-refractivity contribution in [1.29, 1.82) is 0 Å². The third kappa shape index (κ3) is 3.51. The molecule has 3 heterocycles. The number of nitrogens with one attached hydrogen (secondary N) is 1. The Labute approximate surface area is 217 Å². The summed E-state index contributed by atoms with van der Waals surface area (Å²) in [5.74, 6) is 2.42. The van der Waals surface area contributed by atoms with Crippen LogP contribution in [0.25, 0.3) is 0 Å². The molecule has 1 aliphatic heterocycles. The highest BCUT2D eigenvalue weighted by atomic mass is 32.1. The minimum atomic E-state index is -0.168. The fourth-order valence-corrected chi connectivity index (χ4v) is 9.42. The van der Waals surface area contributed by atoms with Gasteiger partial charge in [0.05, 0.1) is 18.2 Å². The van der Waals surface area contributed by atoms with Crippen molar-refractivity contribution >= 4 is 28.3 Å². The van der Waals surface area contributed by atoms with Crippen LogP contribution in [-0.4, -0.2) is 44.3 Å². The number of imidazole rings is 1. The summed E-state index contributed by atoms with van der Waals surface area (Å²) in [4.78, 5) is 36.1. The van der Waals surface area contributed by atoms with Gasteiger partial charge in [-0.1, -0.05) is 26.3 Å². The van der Waals surface area contributed by atoms with E-state index < -0.39 is 0 Å². The highest BCUT2D eigenvalue weighted by molar-refractivity contribution is 7.14. The molecule has 3 unspecified atom stereocenters. The van der Waals surface area contributed by atoms with Crippen LogP contribution >= 0.6 is 11.3 Å². The molecule has 1 N–H and O–H groups in total. The van der Waals surface area contributed by atoms with E-state index in [0.29, 0.717) is 40.5 Å². The van der Waals surface area contributed by atoms with Gasteiger partial charge in [-0.2, -0.15) is 0 Å². The van der Waals surface area contributed by atoms with Crippen LogP contribution < -0.4 is 5.32 Å². The number of likely N-dealkylation sites (N-methyl/N-ethyl adjacent to an activating group) is 1. The number of hydrogen-bond acceptors (Lipinski definition) is 5. The van der Waals surface area contributed by atoms with Crippen LogP contribution in [0.15, 0.2) is 30.1 Å². The lowest BCUT2D eigenvalue weighted by molar-refractivity contribution is -0.142. The molecular weight excluding hydrogens is 470 g/mol. The van der Waals surface area contributed by atoms with Crippen molar-refractivity contribution in [3.05, 3.63) is 41.4 Å². The number of carbonyl (C=O) groups excluding carboxylic acids is 2. The van der Waals surface area contributed by atoms with E-state index in [0.717, 1.165) is 12.1 Å². The number of aryl methyl sites for hydroxylation is 1. The molecule has 7 nitrogen and oxygen atoms in total. The maximum atomic E-state index is 12.7. The molecule has 36 heavy (non-hydrogen) atoms. The van der Waals surface area contributed by atoms with E-state index in [4.69, 9.17) is 4.98 Å². The van der Waals surface area contributed by atoms with Crippen LogP contribution in [0.3, 0.4) is 0 Å². The van der Waals surface area contributed by atoms with E-state index in [1.54, 1.807) is 17.1 Å². The monoisotopic (exact) mass is 507 g/mol. The molecular formula is C28H37N5O2S. The molecule has 0 aromatic carbocycles. The molecule has 6 rings (SSSR count). The molecule has 3 aliphatic carbocycles. The van der Waals surface area contributed by atoms with E-state index in [2.05, 4.69) is 35.6 Å². The summed E-state index contributed by atoms with van der Waals surface area (Å²) >= 11 is 1.53.